The molecule has 0 unspecified atom stereocenters. The van der Waals surface area contributed by atoms with Crippen molar-refractivity contribution >= 4 is 11.6 Å². The molecule has 80 valence electrons. The van der Waals surface area contributed by atoms with Crippen molar-refractivity contribution in [2.45, 2.75) is 26.3 Å². The van der Waals surface area contributed by atoms with Crippen LogP contribution in [0.15, 0.2) is 16.9 Å². The van der Waals surface area contributed by atoms with Gasteiger partial charge in [-0.25, -0.2) is 0 Å². The summed E-state index contributed by atoms with van der Waals surface area (Å²) in [7, 11) is 0. The van der Waals surface area contributed by atoms with Crippen molar-refractivity contribution in [1.29, 1.82) is 0 Å². The van der Waals surface area contributed by atoms with Gasteiger partial charge in [0.05, 0.1) is 6.54 Å². The molecule has 0 amide bonds. The molecule has 2 rings (SSSR count). The van der Waals surface area contributed by atoms with E-state index in [1.807, 2.05) is 18.4 Å². The first-order chi connectivity index (χ1) is 7.18. The number of halogens is 1. The van der Waals surface area contributed by atoms with Crippen LogP contribution >= 0.6 is 11.6 Å². The van der Waals surface area contributed by atoms with Gasteiger partial charge in [0.15, 0.2) is 0 Å². The lowest BCUT2D eigenvalue weighted by molar-refractivity contribution is 0.409. The second kappa shape index (κ2) is 4.02. The first-order valence-electron chi connectivity index (χ1n) is 4.66. The Morgan fingerprint density at radius 2 is 2.27 bits per heavy atom. The van der Waals surface area contributed by atoms with Crippen LogP contribution < -0.4 is 0 Å². The van der Waals surface area contributed by atoms with Gasteiger partial charge in [0.1, 0.15) is 17.8 Å². The summed E-state index contributed by atoms with van der Waals surface area (Å²) in [6, 6.07) is 1.79. The third-order valence-corrected chi connectivity index (χ3v) is 2.34. The topological polar surface area (TPSA) is 56.7 Å². The molecule has 2 aromatic rings. The van der Waals surface area contributed by atoms with E-state index in [0.29, 0.717) is 11.8 Å². The Bertz CT molecular complexity index is 435. The van der Waals surface area contributed by atoms with Crippen molar-refractivity contribution in [3.05, 3.63) is 29.1 Å². The van der Waals surface area contributed by atoms with Gasteiger partial charge in [0.2, 0.25) is 5.28 Å². The summed E-state index contributed by atoms with van der Waals surface area (Å²) in [4.78, 5) is 0. The number of nitrogens with zero attached hydrogens (tertiary/aromatic N) is 4. The Labute approximate surface area is 92.0 Å². The molecular weight excluding hydrogens is 216 g/mol. The average Bonchev–Trinajstić information content (AvgIpc) is 2.78. The smallest absolute Gasteiger partial charge is 0.225 e. The van der Waals surface area contributed by atoms with E-state index in [1.165, 1.54) is 6.26 Å². The fourth-order valence-corrected chi connectivity index (χ4v) is 1.53. The number of rotatable bonds is 3. The minimum Gasteiger partial charge on any atom is -0.364 e. The maximum absolute atomic E-state index is 5.94. The maximum atomic E-state index is 5.94. The highest BCUT2D eigenvalue weighted by molar-refractivity contribution is 6.28. The molecule has 0 saturated carbocycles. The Balaban J connectivity index is 2.31. The highest BCUT2D eigenvalue weighted by Crippen LogP contribution is 2.17. The standard InChI is InChI=1S/C9H11ClN4O/c1-6(2)8-11-12-9(10)14(8)5-7-3-4-15-13-7/h3-4,6H,5H2,1-2H3. The van der Waals surface area contributed by atoms with Gasteiger partial charge in [-0.2, -0.15) is 0 Å². The van der Waals surface area contributed by atoms with E-state index >= 15 is 0 Å². The fourth-order valence-electron chi connectivity index (χ4n) is 1.35. The molecule has 15 heavy (non-hydrogen) atoms. The molecule has 6 heteroatoms. The minimum atomic E-state index is 0.275. The molecule has 0 spiro atoms. The predicted molar refractivity (Wildman–Crippen MR) is 54.7 cm³/mol. The molecule has 0 atom stereocenters. The van der Waals surface area contributed by atoms with Crippen LogP contribution in [0, 0.1) is 0 Å². The largest absolute Gasteiger partial charge is 0.364 e. The lowest BCUT2D eigenvalue weighted by Gasteiger charge is -2.07. The van der Waals surface area contributed by atoms with Crippen LogP contribution in [0.5, 0.6) is 0 Å². The molecule has 0 aliphatic heterocycles. The third-order valence-electron chi connectivity index (χ3n) is 2.06. The van der Waals surface area contributed by atoms with Gasteiger partial charge in [0, 0.05) is 12.0 Å². The first kappa shape index (κ1) is 10.2. The van der Waals surface area contributed by atoms with Crippen LogP contribution in [-0.4, -0.2) is 19.9 Å². The van der Waals surface area contributed by atoms with E-state index in [0.717, 1.165) is 11.5 Å². The van der Waals surface area contributed by atoms with Crippen molar-refractivity contribution < 1.29 is 4.52 Å². The summed E-state index contributed by atoms with van der Waals surface area (Å²) in [6.45, 7) is 4.62. The molecule has 0 aliphatic rings. The van der Waals surface area contributed by atoms with E-state index in [9.17, 15) is 0 Å². The zero-order valence-corrected chi connectivity index (χ0v) is 9.27. The summed E-state index contributed by atoms with van der Waals surface area (Å²) in [5.74, 6) is 1.12. The molecule has 2 aromatic heterocycles. The Hall–Kier alpha value is -1.36. The lowest BCUT2D eigenvalue weighted by Crippen LogP contribution is -2.07. The molecular formula is C9H11ClN4O. The van der Waals surface area contributed by atoms with E-state index in [4.69, 9.17) is 16.1 Å². The Morgan fingerprint density at radius 1 is 1.47 bits per heavy atom. The second-order valence-corrected chi connectivity index (χ2v) is 3.90. The van der Waals surface area contributed by atoms with Gasteiger partial charge in [-0.1, -0.05) is 19.0 Å². The molecule has 0 aromatic carbocycles. The monoisotopic (exact) mass is 226 g/mol. The second-order valence-electron chi connectivity index (χ2n) is 3.56. The molecule has 0 saturated heterocycles. The summed E-state index contributed by atoms with van der Waals surface area (Å²) in [5.41, 5.74) is 0.804. The first-order valence-corrected chi connectivity index (χ1v) is 5.04. The Morgan fingerprint density at radius 3 is 2.87 bits per heavy atom. The van der Waals surface area contributed by atoms with E-state index in [2.05, 4.69) is 15.4 Å². The fraction of sp³-hybridized carbons (Fsp3) is 0.444. The van der Waals surface area contributed by atoms with Gasteiger partial charge < -0.3 is 4.52 Å². The van der Waals surface area contributed by atoms with Crippen molar-refractivity contribution in [2.75, 3.05) is 0 Å². The molecule has 0 radical (unpaired) electrons. The highest BCUT2D eigenvalue weighted by atomic mass is 35.5. The van der Waals surface area contributed by atoms with Gasteiger partial charge >= 0.3 is 0 Å². The number of aromatic nitrogens is 4. The maximum Gasteiger partial charge on any atom is 0.225 e. The Kier molecular flexibility index (Phi) is 2.73. The quantitative estimate of drug-likeness (QED) is 0.804. The third kappa shape index (κ3) is 2.02. The summed E-state index contributed by atoms with van der Waals surface area (Å²) >= 11 is 5.94. The van der Waals surface area contributed by atoms with Crippen LogP contribution in [0.1, 0.15) is 31.3 Å². The van der Waals surface area contributed by atoms with Crippen molar-refractivity contribution in [1.82, 2.24) is 19.9 Å². The number of hydrogen-bond acceptors (Lipinski definition) is 4. The van der Waals surface area contributed by atoms with Gasteiger partial charge in [-0.3, -0.25) is 4.57 Å². The number of hydrogen-bond donors (Lipinski definition) is 0. The van der Waals surface area contributed by atoms with Gasteiger partial charge in [-0.15, -0.1) is 10.2 Å². The van der Waals surface area contributed by atoms with E-state index < -0.39 is 0 Å². The summed E-state index contributed by atoms with van der Waals surface area (Å²) < 4.78 is 6.58. The van der Waals surface area contributed by atoms with Crippen molar-refractivity contribution in [3.8, 4) is 0 Å². The molecule has 0 N–H and O–H groups in total. The highest BCUT2D eigenvalue weighted by Gasteiger charge is 2.14. The zero-order valence-electron chi connectivity index (χ0n) is 8.51. The van der Waals surface area contributed by atoms with Crippen LogP contribution in [0.4, 0.5) is 0 Å². The molecule has 2 heterocycles. The van der Waals surface area contributed by atoms with Crippen LogP contribution in [0.2, 0.25) is 5.28 Å². The van der Waals surface area contributed by atoms with Crippen LogP contribution in [0.25, 0.3) is 0 Å². The van der Waals surface area contributed by atoms with E-state index in [-0.39, 0.29) is 5.92 Å². The predicted octanol–water partition coefficient (Wildman–Crippen LogP) is 2.09. The minimum absolute atomic E-state index is 0.275. The molecule has 0 aliphatic carbocycles. The van der Waals surface area contributed by atoms with Gasteiger partial charge in [0.25, 0.3) is 0 Å². The van der Waals surface area contributed by atoms with E-state index in [1.54, 1.807) is 6.07 Å². The van der Waals surface area contributed by atoms with Crippen molar-refractivity contribution in [2.24, 2.45) is 0 Å². The zero-order chi connectivity index (χ0) is 10.8. The average molecular weight is 227 g/mol. The van der Waals surface area contributed by atoms with Gasteiger partial charge in [-0.05, 0) is 11.6 Å². The summed E-state index contributed by atoms with van der Waals surface area (Å²) in [5, 5.41) is 12.1. The lowest BCUT2D eigenvalue weighted by atomic mass is 10.2. The molecule has 5 nitrogen and oxygen atoms in total. The molecule has 0 fully saturated rings. The molecule has 0 bridgehead atoms. The van der Waals surface area contributed by atoms with Crippen molar-refractivity contribution in [3.63, 3.8) is 0 Å². The summed E-state index contributed by atoms with van der Waals surface area (Å²) in [6.07, 6.45) is 1.53. The van der Waals surface area contributed by atoms with Crippen LogP contribution in [-0.2, 0) is 6.54 Å². The van der Waals surface area contributed by atoms with Crippen LogP contribution in [0.3, 0.4) is 0 Å². The SMILES string of the molecule is CC(C)c1nnc(Cl)n1Cc1ccon1. The normalized spacial score (nSPS) is 11.2.